The quantitative estimate of drug-likeness (QED) is 0.686. The van der Waals surface area contributed by atoms with E-state index in [1.54, 1.807) is 0 Å². The first kappa shape index (κ1) is 14.1. The van der Waals surface area contributed by atoms with Crippen molar-refractivity contribution in [3.05, 3.63) is 35.9 Å². The highest BCUT2D eigenvalue weighted by Crippen LogP contribution is 2.28. The fourth-order valence-corrected chi connectivity index (χ4v) is 2.12. The summed E-state index contributed by atoms with van der Waals surface area (Å²) >= 11 is 0. The largest absolute Gasteiger partial charge is 0.345 e. The Hall–Kier alpha value is -0.960. The van der Waals surface area contributed by atoms with Gasteiger partial charge in [0.15, 0.2) is 0 Å². The Morgan fingerprint density at radius 1 is 1.18 bits per heavy atom. The van der Waals surface area contributed by atoms with Crippen LogP contribution in [0.3, 0.4) is 0 Å². The zero-order valence-corrected chi connectivity index (χ0v) is 10.4. The van der Waals surface area contributed by atoms with E-state index in [2.05, 4.69) is 18.6 Å². The molecule has 1 aromatic rings. The molecule has 1 nitrogen and oxygen atoms in total. The minimum atomic E-state index is -2.69. The minimum absolute atomic E-state index is 0.0464. The molecule has 0 spiro atoms. The molecule has 0 radical (unpaired) electrons. The molecule has 0 heterocycles. The van der Waals surface area contributed by atoms with Crippen LogP contribution in [0.2, 0.25) is 0 Å². The molecule has 0 N–H and O–H groups in total. The molecule has 0 bridgehead atoms. The second kappa shape index (κ2) is 7.38. The van der Waals surface area contributed by atoms with E-state index in [-0.39, 0.29) is 12.5 Å². The molecule has 0 aromatic heterocycles. The number of hydrogen-bond acceptors (Lipinski definition) is 1. The summed E-state index contributed by atoms with van der Waals surface area (Å²) in [6.45, 7) is 1.60. The molecule has 0 amide bonds. The standard InChI is InChI=1S/C14H20F2O/c1-3-7-11(2)13(10-17-14(15)16)12-8-5-4-6-9-12/h4-6,8-9,11,13-14H,3,7,10H2,1-2H3/t11?,13-/m0/s1. The van der Waals surface area contributed by atoms with Gasteiger partial charge in [-0.15, -0.1) is 0 Å². The summed E-state index contributed by atoms with van der Waals surface area (Å²) in [5.41, 5.74) is 1.08. The molecule has 0 saturated carbocycles. The molecule has 17 heavy (non-hydrogen) atoms. The molecule has 0 aliphatic carbocycles. The molecule has 96 valence electrons. The average molecular weight is 242 g/mol. The number of rotatable bonds is 7. The lowest BCUT2D eigenvalue weighted by Gasteiger charge is -2.24. The van der Waals surface area contributed by atoms with E-state index >= 15 is 0 Å². The van der Waals surface area contributed by atoms with Crippen LogP contribution in [0, 0.1) is 5.92 Å². The van der Waals surface area contributed by atoms with Crippen molar-refractivity contribution in [2.24, 2.45) is 5.92 Å². The first-order valence-electron chi connectivity index (χ1n) is 6.09. The van der Waals surface area contributed by atoms with Gasteiger partial charge >= 0.3 is 6.61 Å². The summed E-state index contributed by atoms with van der Waals surface area (Å²) in [5, 5.41) is 0. The number of alkyl halides is 2. The van der Waals surface area contributed by atoms with Crippen LogP contribution in [-0.2, 0) is 4.74 Å². The van der Waals surface area contributed by atoms with E-state index < -0.39 is 6.61 Å². The molecule has 0 fully saturated rings. The van der Waals surface area contributed by atoms with E-state index in [1.807, 2.05) is 30.3 Å². The molecule has 0 aliphatic rings. The summed E-state index contributed by atoms with van der Waals surface area (Å²) in [5.74, 6) is 0.395. The van der Waals surface area contributed by atoms with Gasteiger partial charge in [0.25, 0.3) is 0 Å². The highest BCUT2D eigenvalue weighted by atomic mass is 19.3. The Labute approximate surface area is 102 Å². The third-order valence-electron chi connectivity index (χ3n) is 3.06. The molecule has 0 saturated heterocycles. The van der Waals surface area contributed by atoms with Crippen LogP contribution >= 0.6 is 0 Å². The zero-order chi connectivity index (χ0) is 12.7. The SMILES string of the molecule is CCCC(C)[C@H](COC(F)F)c1ccccc1. The third kappa shape index (κ3) is 4.82. The van der Waals surface area contributed by atoms with Gasteiger partial charge in [0.05, 0.1) is 6.61 Å². The van der Waals surface area contributed by atoms with Gasteiger partial charge in [0.1, 0.15) is 0 Å². The second-order valence-electron chi connectivity index (χ2n) is 4.38. The number of benzene rings is 1. The third-order valence-corrected chi connectivity index (χ3v) is 3.06. The molecule has 2 atom stereocenters. The highest BCUT2D eigenvalue weighted by Gasteiger charge is 2.20. The van der Waals surface area contributed by atoms with Crippen molar-refractivity contribution in [1.29, 1.82) is 0 Å². The monoisotopic (exact) mass is 242 g/mol. The maximum absolute atomic E-state index is 12.1. The van der Waals surface area contributed by atoms with Gasteiger partial charge in [-0.05, 0) is 11.5 Å². The van der Waals surface area contributed by atoms with Crippen LogP contribution in [0.4, 0.5) is 8.78 Å². The smallest absolute Gasteiger partial charge is 0.322 e. The molecular formula is C14H20F2O. The van der Waals surface area contributed by atoms with Gasteiger partial charge in [0, 0.05) is 5.92 Å². The van der Waals surface area contributed by atoms with E-state index in [1.165, 1.54) is 0 Å². The Morgan fingerprint density at radius 2 is 1.82 bits per heavy atom. The number of halogens is 2. The molecule has 1 aromatic carbocycles. The lowest BCUT2D eigenvalue weighted by Crippen LogP contribution is -2.18. The molecule has 0 aliphatic heterocycles. The van der Waals surface area contributed by atoms with Crippen LogP contribution in [0.1, 0.15) is 38.2 Å². The van der Waals surface area contributed by atoms with Crippen molar-refractivity contribution >= 4 is 0 Å². The second-order valence-corrected chi connectivity index (χ2v) is 4.38. The lowest BCUT2D eigenvalue weighted by atomic mass is 9.85. The highest BCUT2D eigenvalue weighted by molar-refractivity contribution is 5.20. The van der Waals surface area contributed by atoms with E-state index in [4.69, 9.17) is 0 Å². The van der Waals surface area contributed by atoms with Gasteiger partial charge in [-0.3, -0.25) is 0 Å². The van der Waals surface area contributed by atoms with Crippen LogP contribution in [-0.4, -0.2) is 13.2 Å². The Bertz CT molecular complexity index is 300. The average Bonchev–Trinajstić information content (AvgIpc) is 2.30. The summed E-state index contributed by atoms with van der Waals surface area (Å²) in [6.07, 6.45) is 2.07. The van der Waals surface area contributed by atoms with Gasteiger partial charge in [-0.25, -0.2) is 0 Å². The van der Waals surface area contributed by atoms with Crippen molar-refractivity contribution in [3.8, 4) is 0 Å². The van der Waals surface area contributed by atoms with E-state index in [0.29, 0.717) is 5.92 Å². The van der Waals surface area contributed by atoms with Crippen molar-refractivity contribution in [2.45, 2.75) is 39.2 Å². The Morgan fingerprint density at radius 3 is 2.35 bits per heavy atom. The molecular weight excluding hydrogens is 222 g/mol. The topological polar surface area (TPSA) is 9.23 Å². The lowest BCUT2D eigenvalue weighted by molar-refractivity contribution is -0.135. The van der Waals surface area contributed by atoms with Crippen LogP contribution in [0.5, 0.6) is 0 Å². The first-order valence-corrected chi connectivity index (χ1v) is 6.09. The van der Waals surface area contributed by atoms with E-state index in [9.17, 15) is 8.78 Å². The van der Waals surface area contributed by atoms with Crippen LogP contribution < -0.4 is 0 Å². The van der Waals surface area contributed by atoms with Crippen LogP contribution in [0.25, 0.3) is 0 Å². The Balaban J connectivity index is 2.71. The summed E-state index contributed by atoms with van der Waals surface area (Å²) < 4.78 is 28.8. The Kier molecular flexibility index (Phi) is 6.12. The molecule has 1 rings (SSSR count). The van der Waals surface area contributed by atoms with Gasteiger partial charge in [0.2, 0.25) is 0 Å². The van der Waals surface area contributed by atoms with Gasteiger partial charge in [-0.2, -0.15) is 8.78 Å². The minimum Gasteiger partial charge on any atom is -0.322 e. The normalized spacial score (nSPS) is 14.9. The van der Waals surface area contributed by atoms with Crippen molar-refractivity contribution in [1.82, 2.24) is 0 Å². The predicted molar refractivity (Wildman–Crippen MR) is 65.2 cm³/mol. The molecule has 3 heteroatoms. The van der Waals surface area contributed by atoms with Crippen molar-refractivity contribution < 1.29 is 13.5 Å². The summed E-state index contributed by atoms with van der Waals surface area (Å²) in [7, 11) is 0. The summed E-state index contributed by atoms with van der Waals surface area (Å²) in [6, 6.07) is 9.75. The summed E-state index contributed by atoms with van der Waals surface area (Å²) in [4.78, 5) is 0. The van der Waals surface area contributed by atoms with Gasteiger partial charge in [-0.1, -0.05) is 57.0 Å². The van der Waals surface area contributed by atoms with E-state index in [0.717, 1.165) is 18.4 Å². The number of ether oxygens (including phenoxy) is 1. The fourth-order valence-electron chi connectivity index (χ4n) is 2.12. The fraction of sp³-hybridized carbons (Fsp3) is 0.571. The maximum atomic E-state index is 12.1. The maximum Gasteiger partial charge on any atom is 0.345 e. The first-order chi connectivity index (χ1) is 8.15. The number of hydrogen-bond donors (Lipinski definition) is 0. The van der Waals surface area contributed by atoms with Crippen LogP contribution in [0.15, 0.2) is 30.3 Å². The zero-order valence-electron chi connectivity index (χ0n) is 10.4. The van der Waals surface area contributed by atoms with Crippen molar-refractivity contribution in [2.75, 3.05) is 6.61 Å². The predicted octanol–water partition coefficient (Wildman–Crippen LogP) is 4.45. The molecule has 1 unspecified atom stereocenters. The van der Waals surface area contributed by atoms with Gasteiger partial charge < -0.3 is 4.74 Å². The van der Waals surface area contributed by atoms with Crippen molar-refractivity contribution in [3.63, 3.8) is 0 Å².